The Morgan fingerprint density at radius 3 is 2.54 bits per heavy atom. The second kappa shape index (κ2) is 11.4. The number of carboxylic acids is 1. The molecule has 0 heterocycles. The first kappa shape index (κ1) is 21.8. The van der Waals surface area contributed by atoms with E-state index in [-0.39, 0.29) is 0 Å². The third-order valence-electron chi connectivity index (χ3n) is 4.47. The topological polar surface area (TPSA) is 75.6 Å². The first-order chi connectivity index (χ1) is 13.5. The molecule has 0 aliphatic rings. The van der Waals surface area contributed by atoms with Crippen molar-refractivity contribution < 1.29 is 19.4 Å². The van der Waals surface area contributed by atoms with E-state index >= 15 is 0 Å². The van der Waals surface area contributed by atoms with Crippen LogP contribution in [0.15, 0.2) is 48.5 Å². The molecule has 2 aromatic rings. The molecule has 6 heteroatoms. The minimum absolute atomic E-state index is 0.393. The summed E-state index contributed by atoms with van der Waals surface area (Å²) >= 11 is 4.39. The largest absolute Gasteiger partial charge is 0.494 e. The van der Waals surface area contributed by atoms with Gasteiger partial charge in [0.2, 0.25) is 0 Å². The van der Waals surface area contributed by atoms with Crippen LogP contribution < -0.4 is 10.1 Å². The lowest BCUT2D eigenvalue weighted by molar-refractivity contribution is -0.135. The summed E-state index contributed by atoms with van der Waals surface area (Å²) in [5, 5.41) is 11.3. The van der Waals surface area contributed by atoms with Crippen LogP contribution in [0, 0.1) is 5.92 Å². The van der Waals surface area contributed by atoms with Crippen LogP contribution in [0.2, 0.25) is 0 Å². The highest BCUT2D eigenvalue weighted by atomic mass is 32.1. The predicted molar refractivity (Wildman–Crippen MR) is 114 cm³/mol. The number of ether oxygens (including phenoxy) is 1. The molecule has 1 unspecified atom stereocenters. The number of carboxylic acid groups (broad SMARTS) is 1. The zero-order valence-corrected chi connectivity index (χ0v) is 17.0. The van der Waals surface area contributed by atoms with E-state index in [9.17, 15) is 9.59 Å². The van der Waals surface area contributed by atoms with Crippen LogP contribution in [0.3, 0.4) is 0 Å². The van der Waals surface area contributed by atoms with E-state index in [1.54, 1.807) is 6.07 Å². The molecule has 0 aliphatic carbocycles. The average molecular weight is 402 g/mol. The van der Waals surface area contributed by atoms with Crippen molar-refractivity contribution in [3.63, 3.8) is 0 Å². The molecule has 0 aromatic heterocycles. The van der Waals surface area contributed by atoms with E-state index in [4.69, 9.17) is 9.84 Å². The maximum absolute atomic E-state index is 12.6. The number of rotatable bonds is 11. The summed E-state index contributed by atoms with van der Waals surface area (Å²) in [5.74, 6) is 0.402. The summed E-state index contributed by atoms with van der Waals surface area (Å²) in [6, 6.07) is 14.9. The van der Waals surface area contributed by atoms with E-state index in [0.717, 1.165) is 36.1 Å². The summed E-state index contributed by atoms with van der Waals surface area (Å²) in [6.07, 6.45) is 3.13. The van der Waals surface area contributed by atoms with Crippen LogP contribution in [0.25, 0.3) is 11.1 Å². The Morgan fingerprint density at radius 1 is 1.14 bits per heavy atom. The Bertz CT molecular complexity index is 779. The van der Waals surface area contributed by atoms with Gasteiger partial charge in [0, 0.05) is 0 Å². The molecule has 150 valence electrons. The predicted octanol–water partition coefficient (Wildman–Crippen LogP) is 4.28. The number of thiol groups is 1. The SMILES string of the molecule is CCCC(CS)CCOc1ccc(-c2ccccc2)c(C(=O)NCC(=O)O)c1. The van der Waals surface area contributed by atoms with E-state index in [0.29, 0.717) is 23.8 Å². The Kier molecular flexibility index (Phi) is 8.88. The number of nitrogens with one attached hydrogen (secondary N) is 1. The number of hydrogen-bond acceptors (Lipinski definition) is 4. The second-order valence-electron chi connectivity index (χ2n) is 6.62. The summed E-state index contributed by atoms with van der Waals surface area (Å²) in [6.45, 7) is 2.27. The molecule has 2 N–H and O–H groups in total. The fourth-order valence-electron chi connectivity index (χ4n) is 3.00. The lowest BCUT2D eigenvalue weighted by Gasteiger charge is -2.15. The summed E-state index contributed by atoms with van der Waals surface area (Å²) in [4.78, 5) is 23.4. The van der Waals surface area contributed by atoms with Gasteiger partial charge in [0.1, 0.15) is 12.3 Å². The van der Waals surface area contributed by atoms with Crippen molar-refractivity contribution in [1.29, 1.82) is 0 Å². The Morgan fingerprint density at radius 2 is 1.89 bits per heavy atom. The third-order valence-corrected chi connectivity index (χ3v) is 4.99. The Labute approximate surface area is 171 Å². The van der Waals surface area contributed by atoms with Gasteiger partial charge >= 0.3 is 5.97 Å². The molecule has 0 saturated carbocycles. The molecule has 2 aromatic carbocycles. The van der Waals surface area contributed by atoms with Crippen LogP contribution in [0.4, 0.5) is 0 Å². The van der Waals surface area contributed by atoms with Gasteiger partial charge in [-0.15, -0.1) is 0 Å². The van der Waals surface area contributed by atoms with Crippen molar-refractivity contribution in [2.24, 2.45) is 5.92 Å². The fourth-order valence-corrected chi connectivity index (χ4v) is 3.37. The number of hydrogen-bond donors (Lipinski definition) is 3. The molecule has 0 spiro atoms. The van der Waals surface area contributed by atoms with Gasteiger partial charge in [-0.25, -0.2) is 0 Å². The molecule has 28 heavy (non-hydrogen) atoms. The van der Waals surface area contributed by atoms with Crippen molar-refractivity contribution in [3.05, 3.63) is 54.1 Å². The van der Waals surface area contributed by atoms with E-state index in [1.807, 2.05) is 42.5 Å². The molecular weight excluding hydrogens is 374 g/mol. The van der Waals surface area contributed by atoms with Crippen molar-refractivity contribution in [3.8, 4) is 16.9 Å². The van der Waals surface area contributed by atoms with Gasteiger partial charge in [0.05, 0.1) is 12.2 Å². The maximum atomic E-state index is 12.6. The number of carbonyl (C=O) groups excluding carboxylic acids is 1. The number of amides is 1. The van der Waals surface area contributed by atoms with Crippen molar-refractivity contribution in [1.82, 2.24) is 5.32 Å². The summed E-state index contributed by atoms with van der Waals surface area (Å²) < 4.78 is 5.86. The molecule has 0 aliphatic heterocycles. The lowest BCUT2D eigenvalue weighted by atomic mass is 9.98. The van der Waals surface area contributed by atoms with Gasteiger partial charge in [-0.2, -0.15) is 12.6 Å². The number of aliphatic carboxylic acids is 1. The molecule has 0 fully saturated rings. The smallest absolute Gasteiger partial charge is 0.322 e. The van der Waals surface area contributed by atoms with Gasteiger partial charge in [0.25, 0.3) is 5.91 Å². The van der Waals surface area contributed by atoms with Crippen molar-refractivity contribution in [2.45, 2.75) is 26.2 Å². The average Bonchev–Trinajstić information content (AvgIpc) is 2.71. The lowest BCUT2D eigenvalue weighted by Crippen LogP contribution is -2.29. The molecule has 0 bridgehead atoms. The zero-order chi connectivity index (χ0) is 20.4. The molecule has 5 nitrogen and oxygen atoms in total. The minimum atomic E-state index is -1.09. The van der Waals surface area contributed by atoms with Crippen LogP contribution in [0.1, 0.15) is 36.5 Å². The summed E-state index contributed by atoms with van der Waals surface area (Å²) in [5.41, 5.74) is 2.01. The number of benzene rings is 2. The Balaban J connectivity index is 2.19. The summed E-state index contributed by atoms with van der Waals surface area (Å²) in [7, 11) is 0. The van der Waals surface area contributed by atoms with Crippen LogP contribution in [-0.2, 0) is 4.79 Å². The van der Waals surface area contributed by atoms with Crippen molar-refractivity contribution in [2.75, 3.05) is 18.9 Å². The highest BCUT2D eigenvalue weighted by Gasteiger charge is 2.15. The molecule has 0 radical (unpaired) electrons. The first-order valence-corrected chi connectivity index (χ1v) is 10.1. The molecule has 1 atom stereocenters. The van der Waals surface area contributed by atoms with Crippen LogP contribution in [-0.4, -0.2) is 35.9 Å². The minimum Gasteiger partial charge on any atom is -0.494 e. The first-order valence-electron chi connectivity index (χ1n) is 9.48. The van der Waals surface area contributed by atoms with Crippen LogP contribution >= 0.6 is 12.6 Å². The quantitative estimate of drug-likeness (QED) is 0.491. The van der Waals surface area contributed by atoms with Crippen LogP contribution in [0.5, 0.6) is 5.75 Å². The highest BCUT2D eigenvalue weighted by molar-refractivity contribution is 7.80. The van der Waals surface area contributed by atoms with Gasteiger partial charge in [-0.3, -0.25) is 9.59 Å². The van der Waals surface area contributed by atoms with Gasteiger partial charge < -0.3 is 15.2 Å². The molecular formula is C22H27NO4S. The highest BCUT2D eigenvalue weighted by Crippen LogP contribution is 2.28. The monoisotopic (exact) mass is 401 g/mol. The van der Waals surface area contributed by atoms with E-state index in [1.165, 1.54) is 0 Å². The Hall–Kier alpha value is -2.47. The fraction of sp³-hybridized carbons (Fsp3) is 0.364. The van der Waals surface area contributed by atoms with E-state index < -0.39 is 18.4 Å². The standard InChI is InChI=1S/C22H27NO4S/c1-2-6-16(15-28)11-12-27-18-9-10-19(17-7-4-3-5-8-17)20(13-18)22(26)23-14-21(24)25/h3-5,7-10,13,16,28H,2,6,11-12,14-15H2,1H3,(H,23,26)(H,24,25). The normalized spacial score (nSPS) is 11.6. The van der Waals surface area contributed by atoms with Crippen molar-refractivity contribution >= 4 is 24.5 Å². The second-order valence-corrected chi connectivity index (χ2v) is 6.99. The number of carbonyl (C=O) groups is 2. The maximum Gasteiger partial charge on any atom is 0.322 e. The third kappa shape index (κ3) is 6.60. The molecule has 2 rings (SSSR count). The zero-order valence-electron chi connectivity index (χ0n) is 16.1. The molecule has 1 amide bonds. The van der Waals surface area contributed by atoms with Gasteiger partial charge in [-0.1, -0.05) is 43.7 Å². The van der Waals surface area contributed by atoms with Gasteiger partial charge in [0.15, 0.2) is 0 Å². The van der Waals surface area contributed by atoms with E-state index in [2.05, 4.69) is 24.9 Å². The van der Waals surface area contributed by atoms with Gasteiger partial charge in [-0.05, 0) is 53.8 Å². The molecule has 0 saturated heterocycles.